The van der Waals surface area contributed by atoms with Crippen molar-refractivity contribution in [3.05, 3.63) is 385 Å². The third-order valence-electron chi connectivity index (χ3n) is 20.3. The van der Waals surface area contributed by atoms with E-state index < -0.39 is 40.0 Å². The average Bonchev–Trinajstić information content (AvgIpc) is 1.07. The zero-order valence-electron chi connectivity index (χ0n) is 74.4. The zero-order valence-corrected chi connectivity index (χ0v) is 86.2. The van der Waals surface area contributed by atoms with E-state index in [4.69, 9.17) is 33.0 Å². The molecule has 0 aliphatic carbocycles. The Morgan fingerprint density at radius 1 is 0.357 bits per heavy atom. The number of pyridine rings is 8. The molecule has 0 amide bonds. The van der Waals surface area contributed by atoms with Gasteiger partial charge < -0.3 is 9.80 Å². The van der Waals surface area contributed by atoms with Gasteiger partial charge >= 0.3 is 0 Å². The van der Waals surface area contributed by atoms with Gasteiger partial charge in [-0.05, 0) is 137 Å². The monoisotopic (exact) mass is 2330 g/mol. The molecule has 0 fully saturated rings. The molecule has 0 aliphatic heterocycles. The van der Waals surface area contributed by atoms with Gasteiger partial charge in [-0.1, -0.05) is 111 Å². The summed E-state index contributed by atoms with van der Waals surface area (Å²) in [7, 11) is 12.8. The van der Waals surface area contributed by atoms with E-state index in [1.165, 1.54) is 44.7 Å². The van der Waals surface area contributed by atoms with Gasteiger partial charge in [0.25, 0.3) is 16.8 Å². The summed E-state index contributed by atoms with van der Waals surface area (Å²) >= 11 is 0. The fourth-order valence-corrected chi connectivity index (χ4v) is 18.1. The predicted octanol–water partition coefficient (Wildman–Crippen LogP) is 24.0. The number of anilines is 2. The van der Waals surface area contributed by atoms with Gasteiger partial charge in [-0.25, -0.2) is 51.2 Å². The first kappa shape index (κ1) is 104. The van der Waals surface area contributed by atoms with Crippen LogP contribution in [0.1, 0.15) is 89.3 Å². The summed E-state index contributed by atoms with van der Waals surface area (Å²) < 4.78 is 80.7. The molecule has 0 N–H and O–H groups in total. The van der Waals surface area contributed by atoms with Crippen LogP contribution in [-0.2, 0) is 100 Å². The van der Waals surface area contributed by atoms with E-state index in [0.717, 1.165) is 108 Å². The van der Waals surface area contributed by atoms with E-state index in [9.17, 15) is 17.6 Å². The standard InChI is InChI=1S/C23H23N.C20H19F2N4.C16H11N2.C15H27NO4P2.C15H11NP2.C11H7F2N5.Ir.2Re/c1-22(2,18-12-7-5-8-13-18)20-16-11-17-21(24-20)23(3,4)19-14-9-6-10-15-19;1-25(2)13-5-7-23-19(9-13)15-11-16(18(22)12-17(15)21)20-10-14(26(3)4)6-8-24-20;1-3-10-17-15(8-1)13-6-5-7-14(12-13)16-9-2-4-11-18-16;1-14(2,21(17-5)18-6)12-10-9-11-13(16-12)15(3,4)22(19-7)20-8;1-3-10-17-14(8-1)12-6-5-7-13(16-12)15-9-2-4-11-18-15;12-8-7-9(13)11(18-6-2-4-15-18)16-10(8)17-5-1-3-14-17;;;/h5-12,14,16-17H,1-4H3;5-10,12H,1-4H3;1-11H;9-11H,1-8H3;1-11H;1-7H;;;/q-2;2*-1;;;;;;/p+4. The molecule has 29 heteroatoms. The van der Waals surface area contributed by atoms with Gasteiger partial charge in [-0.15, -0.1) is 30.3 Å². The maximum atomic E-state index is 14.4. The fraction of sp³-hybridized carbons (Fsp3) is 0.200. The number of halogens is 4. The molecule has 129 heavy (non-hydrogen) atoms. The summed E-state index contributed by atoms with van der Waals surface area (Å²) in [6.45, 7) is 17.2. The van der Waals surface area contributed by atoms with Crippen LogP contribution in [0.2, 0.25) is 0 Å². The first-order chi connectivity index (χ1) is 60.7. The Kier molecular flexibility index (Phi) is 40.1. The Bertz CT molecular complexity index is 5640. The van der Waals surface area contributed by atoms with E-state index in [-0.39, 0.29) is 105 Å². The minimum absolute atomic E-state index is 0. The molecular weight excluding hydrogens is 2230 g/mol. The van der Waals surface area contributed by atoms with E-state index >= 15 is 0 Å². The molecule has 0 bridgehead atoms. The van der Waals surface area contributed by atoms with Crippen LogP contribution in [-0.4, -0.2) is 116 Å². The molecule has 16 rings (SSSR count). The first-order valence-electron chi connectivity index (χ1n) is 40.3. The summed E-state index contributed by atoms with van der Waals surface area (Å²) in [5, 5.41) is 9.82. The van der Waals surface area contributed by atoms with Crippen molar-refractivity contribution in [3.8, 4) is 78.6 Å². The molecule has 12 heterocycles. The van der Waals surface area contributed by atoms with Crippen molar-refractivity contribution in [1.29, 1.82) is 0 Å². The molecular formula is C100H102F4IrN14O4P4Re2. The van der Waals surface area contributed by atoms with Crippen molar-refractivity contribution in [1.82, 2.24) is 59.4 Å². The number of benzene rings is 4. The van der Waals surface area contributed by atoms with Crippen molar-refractivity contribution in [2.24, 2.45) is 0 Å². The molecule has 667 valence electrons. The van der Waals surface area contributed by atoms with Crippen LogP contribution in [0.4, 0.5) is 28.9 Å². The smallest absolute Gasteiger partial charge is 0.273 e. The topological polar surface area (TPSA) is 182 Å². The number of hydrogen-bond donors (Lipinski definition) is 0. The molecule has 18 nitrogen and oxygen atoms in total. The quantitative estimate of drug-likeness (QED) is 0.0354. The van der Waals surface area contributed by atoms with Gasteiger partial charge in [0.2, 0.25) is 0 Å². The molecule has 16 aromatic rings. The Labute approximate surface area is 801 Å². The van der Waals surface area contributed by atoms with Crippen molar-refractivity contribution >= 4 is 44.5 Å². The van der Waals surface area contributed by atoms with E-state index in [1.54, 1.807) is 77.5 Å². The Morgan fingerprint density at radius 2 is 0.729 bits per heavy atom. The second kappa shape index (κ2) is 49.7. The Hall–Kier alpha value is -10.2. The van der Waals surface area contributed by atoms with Crippen molar-refractivity contribution < 1.29 is 96.6 Å². The first-order valence-corrected chi connectivity index (χ1v) is 45.1. The molecule has 2 atom stereocenters. The molecule has 2 unspecified atom stereocenters. The van der Waals surface area contributed by atoms with Gasteiger partial charge in [-0.3, -0.25) is 33.7 Å². The van der Waals surface area contributed by atoms with Gasteiger partial charge in [0.05, 0.1) is 51.5 Å². The second-order valence-electron chi connectivity index (χ2n) is 30.9. The molecule has 0 aliphatic rings. The van der Waals surface area contributed by atoms with Crippen LogP contribution in [0, 0.1) is 47.5 Å². The minimum Gasteiger partial charge on any atom is -0.378 e. The molecule has 3 radical (unpaired) electrons. The molecule has 4 aromatic carbocycles. The van der Waals surface area contributed by atoms with Crippen LogP contribution in [0.25, 0.3) is 78.6 Å². The zero-order chi connectivity index (χ0) is 90.0. The molecule has 0 saturated carbocycles. The van der Waals surface area contributed by atoms with E-state index in [1.807, 2.05) is 147 Å². The van der Waals surface area contributed by atoms with Crippen LogP contribution < -0.4 is 9.80 Å². The molecule has 12 aromatic heterocycles. The maximum absolute atomic E-state index is 14.4. The van der Waals surface area contributed by atoms with Gasteiger partial charge in [0, 0.05) is 201 Å². The predicted molar refractivity (Wildman–Crippen MR) is 507 cm³/mol. The van der Waals surface area contributed by atoms with Crippen LogP contribution in [0.15, 0.2) is 304 Å². The average molecular weight is 2330 g/mol. The maximum Gasteiger partial charge on any atom is 0.273 e. The van der Waals surface area contributed by atoms with Crippen LogP contribution >= 0.6 is 33.1 Å². The third-order valence-corrected chi connectivity index (χ3v) is 26.6. The van der Waals surface area contributed by atoms with Crippen molar-refractivity contribution in [2.75, 3.05) is 66.4 Å². The summed E-state index contributed by atoms with van der Waals surface area (Å²) in [6, 6.07) is 90.2. The summed E-state index contributed by atoms with van der Waals surface area (Å²) in [4.78, 5) is 39.5. The Balaban J connectivity index is 0.000000191. The largest absolute Gasteiger partial charge is 0.378 e. The normalized spacial score (nSPS) is 11.1. The van der Waals surface area contributed by atoms with Gasteiger partial charge in [0.1, 0.15) is 39.4 Å². The SMILES string of the molecule is CC(C)(c1[c-]cccc1)c1cccc(C(C)(C)c2[c-]cccc2)n1.CN(C)c1ccnc(-c2[c-]c(-c3cc(N(C)C)ccn3)c(F)cc2F)c1.CO[PH+](OC)C(C)(C)c1cccc(C(C)(C)[PH+](OC)OC)n1.Fc1cc(F)c(-n2cccn2)nc1-n1cccn1.[Ir].[Re].[Re].[c-]1c(-c2ccccn2)cccc1-c1ccccn1.c1ccc(-c2cccc(-c3cccc[pH+]3)n2)[pH+]c1. The van der Waals surface area contributed by atoms with E-state index in [2.05, 4.69) is 223 Å². The number of aromatic nitrogens is 12. The van der Waals surface area contributed by atoms with E-state index in [0.29, 0.717) is 11.4 Å². The van der Waals surface area contributed by atoms with Crippen LogP contribution in [0.5, 0.6) is 0 Å². The summed E-state index contributed by atoms with van der Waals surface area (Å²) in [5.41, 5.74) is 14.7. The number of rotatable bonds is 22. The minimum atomic E-state index is -1.46. The van der Waals surface area contributed by atoms with Gasteiger partial charge in [0.15, 0.2) is 44.2 Å². The molecule has 0 saturated heterocycles. The Morgan fingerprint density at radius 3 is 1.09 bits per heavy atom. The summed E-state index contributed by atoms with van der Waals surface area (Å²) in [6.07, 6.45) is 12.8. The second-order valence-corrected chi connectivity index (χ2v) is 38.5. The van der Waals surface area contributed by atoms with Crippen molar-refractivity contribution in [2.45, 2.75) is 76.5 Å². The number of nitrogens with zero attached hydrogens (tertiary/aromatic N) is 14. The third kappa shape index (κ3) is 27.5. The fourth-order valence-electron chi connectivity index (χ4n) is 13.2. The van der Waals surface area contributed by atoms with Crippen LogP contribution in [0.3, 0.4) is 0 Å². The molecule has 0 spiro atoms. The summed E-state index contributed by atoms with van der Waals surface area (Å²) in [5.74, 6) is 1.25. The number of hydrogen-bond acceptors (Lipinski definition) is 16. The van der Waals surface area contributed by atoms with Crippen molar-refractivity contribution in [3.63, 3.8) is 0 Å². The van der Waals surface area contributed by atoms with Gasteiger partial charge in [-0.2, -0.15) is 82.0 Å².